The maximum absolute atomic E-state index is 5.81. The minimum Gasteiger partial charge on any atom is -0.396 e. The summed E-state index contributed by atoms with van der Waals surface area (Å²) in [5, 5.41) is 0.991. The average molecular weight is 162 g/mol. The second-order valence-electron chi connectivity index (χ2n) is 2.61. The van der Waals surface area contributed by atoms with E-state index in [2.05, 4.69) is 10.4 Å². The Kier molecular flexibility index (Phi) is 1.41. The first-order valence-electron chi connectivity index (χ1n) is 3.65. The fourth-order valence-electron chi connectivity index (χ4n) is 1.28. The second kappa shape index (κ2) is 2.42. The molecule has 4 nitrogen and oxygen atoms in total. The van der Waals surface area contributed by atoms with Gasteiger partial charge in [-0.3, -0.25) is 5.84 Å². The van der Waals surface area contributed by atoms with Crippen LogP contribution in [0.1, 0.15) is 0 Å². The second-order valence-corrected chi connectivity index (χ2v) is 2.61. The number of anilines is 2. The molecule has 2 rings (SSSR count). The summed E-state index contributed by atoms with van der Waals surface area (Å²) in [5.74, 6) is 5.27. The van der Waals surface area contributed by atoms with Crippen molar-refractivity contribution in [2.24, 2.45) is 5.84 Å². The van der Waals surface area contributed by atoms with E-state index in [0.717, 1.165) is 16.6 Å². The van der Waals surface area contributed by atoms with Gasteiger partial charge in [-0.2, -0.15) is 0 Å². The van der Waals surface area contributed by atoms with E-state index in [9.17, 15) is 0 Å². The quantitative estimate of drug-likeness (QED) is 0.287. The summed E-state index contributed by atoms with van der Waals surface area (Å²) >= 11 is 0. The molecule has 0 saturated carbocycles. The molecule has 0 amide bonds. The molecular weight excluding hydrogens is 152 g/mol. The minimum absolute atomic E-state index is 0.677. The largest absolute Gasteiger partial charge is 0.396 e. The van der Waals surface area contributed by atoms with Crippen molar-refractivity contribution in [3.8, 4) is 0 Å². The minimum atomic E-state index is 0.677. The van der Waals surface area contributed by atoms with E-state index in [4.69, 9.17) is 11.6 Å². The van der Waals surface area contributed by atoms with Crippen molar-refractivity contribution in [2.45, 2.75) is 0 Å². The van der Waals surface area contributed by atoms with Crippen molar-refractivity contribution in [3.63, 3.8) is 0 Å². The van der Waals surface area contributed by atoms with Gasteiger partial charge in [-0.05, 0) is 18.2 Å². The van der Waals surface area contributed by atoms with Crippen LogP contribution < -0.4 is 17.0 Å². The van der Waals surface area contributed by atoms with Gasteiger partial charge in [-0.15, -0.1) is 0 Å². The molecule has 0 bridgehead atoms. The van der Waals surface area contributed by atoms with Gasteiger partial charge in [-0.25, -0.2) is 0 Å². The van der Waals surface area contributed by atoms with E-state index < -0.39 is 0 Å². The molecule has 0 aliphatic carbocycles. The highest BCUT2D eigenvalue weighted by atomic mass is 15.2. The highest BCUT2D eigenvalue weighted by Gasteiger charge is 2.02. The molecule has 0 fully saturated rings. The lowest BCUT2D eigenvalue weighted by Gasteiger charge is -2.04. The number of benzene rings is 1. The molecule has 0 atom stereocenters. The van der Waals surface area contributed by atoms with Crippen molar-refractivity contribution in [1.29, 1.82) is 0 Å². The van der Waals surface area contributed by atoms with Gasteiger partial charge in [-0.1, -0.05) is 0 Å². The summed E-state index contributed by atoms with van der Waals surface area (Å²) in [4.78, 5) is 3.06. The summed E-state index contributed by atoms with van der Waals surface area (Å²) < 4.78 is 0. The Hall–Kier alpha value is -1.68. The molecular formula is C8H10N4. The third kappa shape index (κ3) is 0.820. The van der Waals surface area contributed by atoms with Crippen LogP contribution in [0.3, 0.4) is 0 Å². The molecule has 12 heavy (non-hydrogen) atoms. The number of aromatic amines is 1. The van der Waals surface area contributed by atoms with Gasteiger partial charge in [0.15, 0.2) is 0 Å². The van der Waals surface area contributed by atoms with Gasteiger partial charge in [0.1, 0.15) is 0 Å². The van der Waals surface area contributed by atoms with E-state index >= 15 is 0 Å². The first kappa shape index (κ1) is 7.00. The lowest BCUT2D eigenvalue weighted by Crippen LogP contribution is -2.08. The topological polar surface area (TPSA) is 79.9 Å². The number of hydrazine groups is 1. The molecule has 62 valence electrons. The first-order chi connectivity index (χ1) is 5.83. The first-order valence-corrected chi connectivity index (χ1v) is 3.65. The van der Waals surface area contributed by atoms with Gasteiger partial charge in [0, 0.05) is 17.1 Å². The Morgan fingerprint density at radius 2 is 2.08 bits per heavy atom. The molecule has 0 spiro atoms. The van der Waals surface area contributed by atoms with Crippen LogP contribution >= 0.6 is 0 Å². The fraction of sp³-hybridized carbons (Fsp3) is 0. The van der Waals surface area contributed by atoms with E-state index in [-0.39, 0.29) is 0 Å². The number of aromatic nitrogens is 1. The third-order valence-corrected chi connectivity index (χ3v) is 1.93. The third-order valence-electron chi connectivity index (χ3n) is 1.93. The van der Waals surface area contributed by atoms with Gasteiger partial charge < -0.3 is 16.1 Å². The van der Waals surface area contributed by atoms with Crippen LogP contribution in [-0.4, -0.2) is 4.98 Å². The van der Waals surface area contributed by atoms with Crippen molar-refractivity contribution in [2.75, 3.05) is 11.2 Å². The number of nitrogens with two attached hydrogens (primary N) is 2. The Bertz CT molecular complexity index is 404. The standard InChI is InChI=1S/C8H10N4/c9-8-5-3-4-11-6(5)1-2-7(8)12-10/h1-4,11-12H,9-10H2. The molecule has 0 unspecified atom stereocenters. The van der Waals surface area contributed by atoms with Crippen molar-refractivity contribution >= 4 is 22.3 Å². The summed E-state index contributed by atoms with van der Waals surface area (Å²) in [6, 6.07) is 5.69. The number of rotatable bonds is 1. The molecule has 1 heterocycles. The molecule has 4 heteroatoms. The van der Waals surface area contributed by atoms with E-state index in [1.54, 1.807) is 0 Å². The number of fused-ring (bicyclic) bond motifs is 1. The highest BCUT2D eigenvalue weighted by Crippen LogP contribution is 2.26. The normalized spacial score (nSPS) is 10.4. The number of hydrogen-bond acceptors (Lipinski definition) is 3. The van der Waals surface area contributed by atoms with Crippen molar-refractivity contribution in [3.05, 3.63) is 24.4 Å². The maximum atomic E-state index is 5.81. The maximum Gasteiger partial charge on any atom is 0.0723 e. The fourth-order valence-corrected chi connectivity index (χ4v) is 1.28. The van der Waals surface area contributed by atoms with Gasteiger partial charge >= 0.3 is 0 Å². The number of H-pyrrole nitrogens is 1. The van der Waals surface area contributed by atoms with Gasteiger partial charge in [0.05, 0.1) is 11.4 Å². The summed E-state index contributed by atoms with van der Waals surface area (Å²) in [5.41, 5.74) is 10.8. The van der Waals surface area contributed by atoms with Crippen molar-refractivity contribution < 1.29 is 0 Å². The predicted octanol–water partition coefficient (Wildman–Crippen LogP) is 1.04. The van der Waals surface area contributed by atoms with Crippen LogP contribution in [0.25, 0.3) is 10.9 Å². The van der Waals surface area contributed by atoms with Crippen LogP contribution in [-0.2, 0) is 0 Å². The lowest BCUT2D eigenvalue weighted by atomic mass is 10.2. The zero-order chi connectivity index (χ0) is 8.55. The van der Waals surface area contributed by atoms with Gasteiger partial charge in [0.25, 0.3) is 0 Å². The molecule has 6 N–H and O–H groups in total. The van der Waals surface area contributed by atoms with Crippen molar-refractivity contribution in [1.82, 2.24) is 4.98 Å². The zero-order valence-corrected chi connectivity index (χ0v) is 6.46. The number of nitrogen functional groups attached to an aromatic ring is 2. The molecule has 1 aromatic heterocycles. The van der Waals surface area contributed by atoms with E-state index in [0.29, 0.717) is 5.69 Å². The lowest BCUT2D eigenvalue weighted by molar-refractivity contribution is 1.36. The van der Waals surface area contributed by atoms with Crippen LogP contribution in [0.5, 0.6) is 0 Å². The summed E-state index contributed by atoms with van der Waals surface area (Å²) in [6.45, 7) is 0. The number of hydrogen-bond donors (Lipinski definition) is 4. The average Bonchev–Trinajstić information content (AvgIpc) is 2.53. The zero-order valence-electron chi connectivity index (χ0n) is 6.46. The Balaban J connectivity index is 2.78. The van der Waals surface area contributed by atoms with Crippen LogP contribution in [0.2, 0.25) is 0 Å². The highest BCUT2D eigenvalue weighted by molar-refractivity contribution is 5.97. The predicted molar refractivity (Wildman–Crippen MR) is 50.5 cm³/mol. The van der Waals surface area contributed by atoms with Gasteiger partial charge in [0.2, 0.25) is 0 Å². The molecule has 0 aliphatic heterocycles. The Morgan fingerprint density at radius 3 is 2.83 bits per heavy atom. The van der Waals surface area contributed by atoms with Crippen LogP contribution in [0, 0.1) is 0 Å². The molecule has 1 aromatic carbocycles. The molecule has 0 radical (unpaired) electrons. The molecule has 0 saturated heterocycles. The van der Waals surface area contributed by atoms with Crippen LogP contribution in [0.4, 0.5) is 11.4 Å². The monoisotopic (exact) mass is 162 g/mol. The molecule has 0 aliphatic rings. The Labute approximate surface area is 69.5 Å². The van der Waals surface area contributed by atoms with E-state index in [1.165, 1.54) is 0 Å². The smallest absolute Gasteiger partial charge is 0.0723 e. The summed E-state index contributed by atoms with van der Waals surface area (Å²) in [7, 11) is 0. The Morgan fingerprint density at radius 1 is 1.25 bits per heavy atom. The van der Waals surface area contributed by atoms with Crippen LogP contribution in [0.15, 0.2) is 24.4 Å². The summed E-state index contributed by atoms with van der Waals surface area (Å²) in [6.07, 6.45) is 1.85. The SMILES string of the molecule is NNc1ccc2[nH]ccc2c1N. The molecule has 2 aromatic rings. The van der Waals surface area contributed by atoms with E-state index in [1.807, 2.05) is 24.4 Å². The number of nitrogens with one attached hydrogen (secondary N) is 2.